The van der Waals surface area contributed by atoms with E-state index in [2.05, 4.69) is 4.90 Å². The van der Waals surface area contributed by atoms with Gasteiger partial charge in [0.25, 0.3) is 0 Å². The lowest BCUT2D eigenvalue weighted by atomic mass is 10.2. The highest BCUT2D eigenvalue weighted by Gasteiger charge is 2.13. The summed E-state index contributed by atoms with van der Waals surface area (Å²) in [4.78, 5) is 2.20. The Morgan fingerprint density at radius 1 is 1.07 bits per heavy atom. The van der Waals surface area contributed by atoms with Crippen molar-refractivity contribution in [3.8, 4) is 0 Å². The van der Waals surface area contributed by atoms with Gasteiger partial charge in [0.15, 0.2) is 0 Å². The number of nitrogen functional groups attached to an aromatic ring is 1. The van der Waals surface area contributed by atoms with Crippen LogP contribution in [0.4, 0.5) is 15.8 Å². The molecule has 0 amide bonds. The van der Waals surface area contributed by atoms with Gasteiger partial charge in [-0.15, -0.1) is 0 Å². The van der Waals surface area contributed by atoms with E-state index in [4.69, 9.17) is 5.73 Å². The van der Waals surface area contributed by atoms with Crippen molar-refractivity contribution in [3.05, 3.63) is 24.0 Å². The van der Waals surface area contributed by atoms with Crippen molar-refractivity contribution in [2.45, 2.75) is 25.7 Å². The van der Waals surface area contributed by atoms with E-state index in [-0.39, 0.29) is 5.82 Å². The minimum Gasteiger partial charge on any atom is -0.395 e. The molecular weight excluding hydrogens is 191 g/mol. The standard InChI is InChI=1S/C12H17FN2/c13-10-6-5-7-11(12(10)14)15-8-3-1-2-4-9-15/h5-7H,1-4,8-9,14H2. The normalized spacial score (nSPS) is 17.5. The van der Waals surface area contributed by atoms with Crippen molar-refractivity contribution in [3.63, 3.8) is 0 Å². The molecule has 0 atom stereocenters. The van der Waals surface area contributed by atoms with Crippen LogP contribution in [0.15, 0.2) is 18.2 Å². The van der Waals surface area contributed by atoms with Crippen molar-refractivity contribution in [1.29, 1.82) is 0 Å². The third-order valence-corrected chi connectivity index (χ3v) is 2.98. The van der Waals surface area contributed by atoms with Gasteiger partial charge in [-0.25, -0.2) is 4.39 Å². The molecule has 0 spiro atoms. The number of anilines is 2. The average molecular weight is 208 g/mol. The summed E-state index contributed by atoms with van der Waals surface area (Å²) in [6.07, 6.45) is 4.89. The molecule has 2 rings (SSSR count). The van der Waals surface area contributed by atoms with Gasteiger partial charge in [-0.3, -0.25) is 0 Å². The summed E-state index contributed by atoms with van der Waals surface area (Å²) in [6, 6.07) is 5.05. The average Bonchev–Trinajstić information content (AvgIpc) is 2.50. The summed E-state index contributed by atoms with van der Waals surface area (Å²) in [5.74, 6) is -0.309. The van der Waals surface area contributed by atoms with Crippen LogP contribution >= 0.6 is 0 Å². The third kappa shape index (κ3) is 2.22. The van der Waals surface area contributed by atoms with Crippen molar-refractivity contribution in [2.75, 3.05) is 23.7 Å². The number of hydrogen-bond donors (Lipinski definition) is 1. The molecule has 0 radical (unpaired) electrons. The number of benzene rings is 1. The van der Waals surface area contributed by atoms with Crippen LogP contribution in [0.1, 0.15) is 25.7 Å². The summed E-state index contributed by atoms with van der Waals surface area (Å²) in [5.41, 5.74) is 6.90. The minimum atomic E-state index is -0.309. The molecule has 0 bridgehead atoms. The van der Waals surface area contributed by atoms with E-state index < -0.39 is 0 Å². The Bertz CT molecular complexity index is 330. The number of hydrogen-bond acceptors (Lipinski definition) is 2. The molecule has 2 nitrogen and oxygen atoms in total. The molecule has 1 aliphatic rings. The Morgan fingerprint density at radius 3 is 2.40 bits per heavy atom. The monoisotopic (exact) mass is 208 g/mol. The molecule has 82 valence electrons. The summed E-state index contributed by atoms with van der Waals surface area (Å²) >= 11 is 0. The van der Waals surface area contributed by atoms with Crippen LogP contribution < -0.4 is 10.6 Å². The van der Waals surface area contributed by atoms with Crippen LogP contribution in [-0.2, 0) is 0 Å². The molecule has 1 fully saturated rings. The summed E-state index contributed by atoms with van der Waals surface area (Å²) in [7, 11) is 0. The first-order chi connectivity index (χ1) is 7.29. The van der Waals surface area contributed by atoms with Gasteiger partial charge >= 0.3 is 0 Å². The van der Waals surface area contributed by atoms with E-state index in [1.165, 1.54) is 31.7 Å². The fourth-order valence-corrected chi connectivity index (χ4v) is 2.11. The van der Waals surface area contributed by atoms with Gasteiger partial charge < -0.3 is 10.6 Å². The van der Waals surface area contributed by atoms with E-state index in [0.29, 0.717) is 5.69 Å². The second kappa shape index (κ2) is 4.51. The lowest BCUT2D eigenvalue weighted by molar-refractivity contribution is 0.631. The largest absolute Gasteiger partial charge is 0.395 e. The first-order valence-electron chi connectivity index (χ1n) is 5.58. The number of halogens is 1. The zero-order valence-electron chi connectivity index (χ0n) is 8.88. The van der Waals surface area contributed by atoms with Gasteiger partial charge in [0.05, 0.1) is 11.4 Å². The summed E-state index contributed by atoms with van der Waals surface area (Å²) in [6.45, 7) is 1.99. The fraction of sp³-hybridized carbons (Fsp3) is 0.500. The topological polar surface area (TPSA) is 29.3 Å². The van der Waals surface area contributed by atoms with E-state index in [1.54, 1.807) is 6.07 Å². The molecule has 0 saturated carbocycles. The van der Waals surface area contributed by atoms with E-state index >= 15 is 0 Å². The van der Waals surface area contributed by atoms with Crippen LogP contribution in [0, 0.1) is 5.82 Å². The Kier molecular flexibility index (Phi) is 3.09. The Labute approximate surface area is 89.9 Å². The van der Waals surface area contributed by atoms with Crippen molar-refractivity contribution >= 4 is 11.4 Å². The highest BCUT2D eigenvalue weighted by Crippen LogP contribution is 2.27. The maximum Gasteiger partial charge on any atom is 0.148 e. The quantitative estimate of drug-likeness (QED) is 0.719. The lowest BCUT2D eigenvalue weighted by Crippen LogP contribution is -2.25. The molecule has 15 heavy (non-hydrogen) atoms. The smallest absolute Gasteiger partial charge is 0.148 e. The molecule has 0 unspecified atom stereocenters. The van der Waals surface area contributed by atoms with Gasteiger partial charge in [0.1, 0.15) is 5.82 Å². The van der Waals surface area contributed by atoms with Gasteiger partial charge in [-0.1, -0.05) is 18.9 Å². The van der Waals surface area contributed by atoms with Crippen LogP contribution in [-0.4, -0.2) is 13.1 Å². The van der Waals surface area contributed by atoms with E-state index in [1.807, 2.05) is 6.07 Å². The summed E-state index contributed by atoms with van der Waals surface area (Å²) in [5, 5.41) is 0. The first kappa shape index (κ1) is 10.3. The summed E-state index contributed by atoms with van der Waals surface area (Å²) < 4.78 is 13.3. The molecule has 3 heteroatoms. The second-order valence-electron chi connectivity index (χ2n) is 4.07. The highest BCUT2D eigenvalue weighted by molar-refractivity contribution is 5.68. The van der Waals surface area contributed by atoms with Crippen molar-refractivity contribution in [1.82, 2.24) is 0 Å². The molecule has 2 N–H and O–H groups in total. The lowest BCUT2D eigenvalue weighted by Gasteiger charge is -2.24. The molecule has 1 saturated heterocycles. The SMILES string of the molecule is Nc1c(F)cccc1N1CCCCCC1. The van der Waals surface area contributed by atoms with Crippen LogP contribution in [0.25, 0.3) is 0 Å². The maximum atomic E-state index is 13.3. The maximum absolute atomic E-state index is 13.3. The molecule has 0 aliphatic carbocycles. The van der Waals surface area contributed by atoms with E-state index in [0.717, 1.165) is 18.8 Å². The Balaban J connectivity index is 2.23. The van der Waals surface area contributed by atoms with Crippen molar-refractivity contribution in [2.24, 2.45) is 0 Å². The molecule has 1 aromatic carbocycles. The number of nitrogens with two attached hydrogens (primary N) is 1. The molecule has 1 heterocycles. The Hall–Kier alpha value is -1.25. The van der Waals surface area contributed by atoms with Crippen LogP contribution in [0.5, 0.6) is 0 Å². The third-order valence-electron chi connectivity index (χ3n) is 2.98. The zero-order valence-corrected chi connectivity index (χ0v) is 8.88. The van der Waals surface area contributed by atoms with Crippen LogP contribution in [0.2, 0.25) is 0 Å². The molecule has 1 aromatic rings. The van der Waals surface area contributed by atoms with Gasteiger partial charge in [0.2, 0.25) is 0 Å². The Morgan fingerprint density at radius 2 is 1.73 bits per heavy atom. The zero-order chi connectivity index (χ0) is 10.7. The molecule has 1 aliphatic heterocycles. The highest BCUT2D eigenvalue weighted by atomic mass is 19.1. The number of nitrogens with zero attached hydrogens (tertiary/aromatic N) is 1. The second-order valence-corrected chi connectivity index (χ2v) is 4.07. The number of para-hydroxylation sites is 1. The number of rotatable bonds is 1. The minimum absolute atomic E-state index is 0.291. The van der Waals surface area contributed by atoms with Crippen molar-refractivity contribution < 1.29 is 4.39 Å². The van der Waals surface area contributed by atoms with Crippen LogP contribution in [0.3, 0.4) is 0 Å². The van der Waals surface area contributed by atoms with Gasteiger partial charge in [0, 0.05) is 13.1 Å². The van der Waals surface area contributed by atoms with Gasteiger partial charge in [-0.2, -0.15) is 0 Å². The predicted octanol–water partition coefficient (Wildman–Crippen LogP) is 2.79. The fourth-order valence-electron chi connectivity index (χ4n) is 2.11. The van der Waals surface area contributed by atoms with Gasteiger partial charge in [-0.05, 0) is 25.0 Å². The molecule has 0 aromatic heterocycles. The molecular formula is C12H17FN2. The first-order valence-corrected chi connectivity index (χ1v) is 5.58. The van der Waals surface area contributed by atoms with E-state index in [9.17, 15) is 4.39 Å². The predicted molar refractivity (Wildman–Crippen MR) is 61.5 cm³/mol.